The predicted molar refractivity (Wildman–Crippen MR) is 93.5 cm³/mol. The van der Waals surface area contributed by atoms with Crippen LogP contribution in [0.5, 0.6) is 0 Å². The molecule has 1 N–H and O–H groups in total. The molecule has 1 amide bonds. The minimum absolute atomic E-state index is 0.0297. The van der Waals surface area contributed by atoms with Gasteiger partial charge >= 0.3 is 0 Å². The fourth-order valence-corrected chi connectivity index (χ4v) is 2.59. The van der Waals surface area contributed by atoms with Crippen molar-refractivity contribution in [3.8, 4) is 0 Å². The number of carbonyl (C=O) groups is 1. The summed E-state index contributed by atoms with van der Waals surface area (Å²) in [5.74, 6) is 0.0297. The summed E-state index contributed by atoms with van der Waals surface area (Å²) in [6.07, 6.45) is 15.2. The molecule has 0 aliphatic heterocycles. The summed E-state index contributed by atoms with van der Waals surface area (Å²) in [6.45, 7) is 10.0. The number of rotatable bonds is 14. The zero-order valence-electron chi connectivity index (χ0n) is 14.7. The molecule has 0 fully saturated rings. The molecule has 0 atom stereocenters. The van der Waals surface area contributed by atoms with Crippen LogP contribution in [-0.2, 0) is 4.79 Å². The van der Waals surface area contributed by atoms with Gasteiger partial charge in [0.25, 0.3) is 0 Å². The minimum Gasteiger partial charge on any atom is -0.350 e. The van der Waals surface area contributed by atoms with Crippen molar-refractivity contribution in [1.82, 2.24) is 5.32 Å². The van der Waals surface area contributed by atoms with Crippen molar-refractivity contribution >= 4 is 5.91 Å². The van der Waals surface area contributed by atoms with Crippen LogP contribution in [0.3, 0.4) is 0 Å². The van der Waals surface area contributed by atoms with Gasteiger partial charge in [-0.05, 0) is 19.8 Å². The summed E-state index contributed by atoms with van der Waals surface area (Å²) in [4.78, 5) is 11.8. The third-order valence-corrected chi connectivity index (χ3v) is 4.04. The second kappa shape index (κ2) is 14.2. The molecule has 0 heterocycles. The number of carbonyl (C=O) groups excluding carboxylic acids is 1. The lowest BCUT2D eigenvalue weighted by Crippen LogP contribution is -2.35. The Morgan fingerprint density at radius 1 is 0.857 bits per heavy atom. The Morgan fingerprint density at radius 3 is 1.67 bits per heavy atom. The first-order valence-electron chi connectivity index (χ1n) is 9.08. The Balaban J connectivity index is 3.96. The van der Waals surface area contributed by atoms with Crippen LogP contribution >= 0.6 is 0 Å². The van der Waals surface area contributed by atoms with Gasteiger partial charge < -0.3 is 5.32 Å². The average molecular weight is 296 g/mol. The van der Waals surface area contributed by atoms with Gasteiger partial charge in [0.15, 0.2) is 0 Å². The molecule has 2 heteroatoms. The van der Waals surface area contributed by atoms with E-state index < -0.39 is 0 Å². The molecule has 0 saturated heterocycles. The van der Waals surface area contributed by atoms with E-state index in [1.165, 1.54) is 64.2 Å². The van der Waals surface area contributed by atoms with Crippen LogP contribution in [0.15, 0.2) is 12.2 Å². The van der Waals surface area contributed by atoms with E-state index in [0.717, 1.165) is 12.8 Å². The van der Waals surface area contributed by atoms with Gasteiger partial charge in [-0.25, -0.2) is 0 Å². The maximum absolute atomic E-state index is 11.8. The molecule has 0 bridgehead atoms. The van der Waals surface area contributed by atoms with Crippen molar-refractivity contribution in [2.45, 2.75) is 104 Å². The third-order valence-electron chi connectivity index (χ3n) is 4.04. The molecule has 0 spiro atoms. The van der Waals surface area contributed by atoms with E-state index >= 15 is 0 Å². The molecule has 2 nitrogen and oxygen atoms in total. The average Bonchev–Trinajstić information content (AvgIpc) is 2.46. The molecule has 0 aliphatic carbocycles. The van der Waals surface area contributed by atoms with E-state index in [9.17, 15) is 4.79 Å². The molecule has 0 aromatic heterocycles. The lowest BCUT2D eigenvalue weighted by molar-refractivity contribution is -0.118. The Morgan fingerprint density at radius 2 is 1.29 bits per heavy atom. The zero-order valence-corrected chi connectivity index (χ0v) is 14.7. The van der Waals surface area contributed by atoms with Crippen LogP contribution in [0.4, 0.5) is 0 Å². The first-order valence-corrected chi connectivity index (χ1v) is 9.08. The van der Waals surface area contributed by atoms with Crippen molar-refractivity contribution in [3.63, 3.8) is 0 Å². The highest BCUT2D eigenvalue weighted by molar-refractivity contribution is 5.92. The molecule has 0 unspecified atom stereocenters. The second-order valence-corrected chi connectivity index (χ2v) is 6.36. The molecule has 0 aliphatic rings. The summed E-state index contributed by atoms with van der Waals surface area (Å²) in [6, 6.07) is 0.345. The number of hydrogen-bond donors (Lipinski definition) is 1. The largest absolute Gasteiger partial charge is 0.350 e. The fraction of sp³-hybridized carbons (Fsp3) is 0.842. The van der Waals surface area contributed by atoms with E-state index in [-0.39, 0.29) is 5.91 Å². The normalized spacial score (nSPS) is 10.9. The van der Waals surface area contributed by atoms with Gasteiger partial charge in [-0.2, -0.15) is 0 Å². The van der Waals surface area contributed by atoms with E-state index in [1.54, 1.807) is 6.92 Å². The SMILES string of the molecule is C=C(C)C(=O)NC(CCCCCCC)CCCCCCC. The van der Waals surface area contributed by atoms with E-state index in [1.807, 2.05) is 0 Å². The zero-order chi connectivity index (χ0) is 15.9. The number of nitrogens with one attached hydrogen (secondary N) is 1. The van der Waals surface area contributed by atoms with Gasteiger partial charge in [0.05, 0.1) is 0 Å². The molecule has 124 valence electrons. The van der Waals surface area contributed by atoms with E-state index in [0.29, 0.717) is 11.6 Å². The first kappa shape index (κ1) is 20.2. The van der Waals surface area contributed by atoms with E-state index in [2.05, 4.69) is 25.7 Å². The molecule has 0 aromatic carbocycles. The van der Waals surface area contributed by atoms with Gasteiger partial charge in [0, 0.05) is 11.6 Å². The number of amides is 1. The van der Waals surface area contributed by atoms with Crippen LogP contribution in [0, 0.1) is 0 Å². The highest BCUT2D eigenvalue weighted by Gasteiger charge is 2.12. The molecular formula is C19H37NO. The Bertz CT molecular complexity index is 259. The van der Waals surface area contributed by atoms with Gasteiger partial charge in [0.1, 0.15) is 0 Å². The van der Waals surface area contributed by atoms with Crippen LogP contribution in [-0.4, -0.2) is 11.9 Å². The van der Waals surface area contributed by atoms with Crippen molar-refractivity contribution in [1.29, 1.82) is 0 Å². The maximum Gasteiger partial charge on any atom is 0.246 e. The summed E-state index contributed by atoms with van der Waals surface area (Å²) in [7, 11) is 0. The summed E-state index contributed by atoms with van der Waals surface area (Å²) in [5, 5.41) is 3.16. The van der Waals surface area contributed by atoms with Gasteiger partial charge in [0.2, 0.25) is 5.91 Å². The van der Waals surface area contributed by atoms with Crippen LogP contribution in [0.2, 0.25) is 0 Å². The minimum atomic E-state index is 0.0297. The lowest BCUT2D eigenvalue weighted by atomic mass is 10.00. The summed E-state index contributed by atoms with van der Waals surface area (Å²) >= 11 is 0. The molecule has 21 heavy (non-hydrogen) atoms. The topological polar surface area (TPSA) is 29.1 Å². The third kappa shape index (κ3) is 12.6. The number of hydrogen-bond acceptors (Lipinski definition) is 1. The van der Waals surface area contributed by atoms with Crippen LogP contribution in [0.1, 0.15) is 97.8 Å². The maximum atomic E-state index is 11.8. The smallest absolute Gasteiger partial charge is 0.246 e. The first-order chi connectivity index (χ1) is 10.1. The van der Waals surface area contributed by atoms with Crippen molar-refractivity contribution in [2.75, 3.05) is 0 Å². The van der Waals surface area contributed by atoms with Crippen molar-refractivity contribution in [2.24, 2.45) is 0 Å². The highest BCUT2D eigenvalue weighted by Crippen LogP contribution is 2.14. The summed E-state index contributed by atoms with van der Waals surface area (Å²) < 4.78 is 0. The Labute approximate surface area is 132 Å². The van der Waals surface area contributed by atoms with Gasteiger partial charge in [-0.3, -0.25) is 4.79 Å². The predicted octanol–water partition coefficient (Wildman–Crippen LogP) is 5.77. The second-order valence-electron chi connectivity index (χ2n) is 6.36. The fourth-order valence-electron chi connectivity index (χ4n) is 2.59. The molecular weight excluding hydrogens is 258 g/mol. The summed E-state index contributed by atoms with van der Waals surface area (Å²) in [5.41, 5.74) is 0.622. The standard InChI is InChI=1S/C19H37NO/c1-5-7-9-11-13-15-18(20-19(21)17(3)4)16-14-12-10-8-6-2/h18H,3,5-16H2,1-2,4H3,(H,20,21). The molecule has 0 radical (unpaired) electrons. The quantitative estimate of drug-likeness (QED) is 0.320. The highest BCUT2D eigenvalue weighted by atomic mass is 16.1. The molecule has 0 rings (SSSR count). The number of unbranched alkanes of at least 4 members (excludes halogenated alkanes) is 8. The van der Waals surface area contributed by atoms with Gasteiger partial charge in [-0.15, -0.1) is 0 Å². The van der Waals surface area contributed by atoms with Crippen molar-refractivity contribution < 1.29 is 4.79 Å². The Hall–Kier alpha value is -0.790. The lowest BCUT2D eigenvalue weighted by Gasteiger charge is -2.19. The molecule has 0 aromatic rings. The molecule has 0 saturated carbocycles. The van der Waals surface area contributed by atoms with Crippen molar-refractivity contribution in [3.05, 3.63) is 12.2 Å². The van der Waals surface area contributed by atoms with Crippen LogP contribution < -0.4 is 5.32 Å². The van der Waals surface area contributed by atoms with Gasteiger partial charge in [-0.1, -0.05) is 84.6 Å². The monoisotopic (exact) mass is 295 g/mol. The van der Waals surface area contributed by atoms with Crippen LogP contribution in [0.25, 0.3) is 0 Å². The Kier molecular flexibility index (Phi) is 13.6. The van der Waals surface area contributed by atoms with E-state index in [4.69, 9.17) is 0 Å².